The summed E-state index contributed by atoms with van der Waals surface area (Å²) in [5.41, 5.74) is 0.781. The average molecular weight is 471 g/mol. The van der Waals surface area contributed by atoms with Gasteiger partial charge in [-0.3, -0.25) is 4.98 Å². The number of rotatable bonds is 3. The van der Waals surface area contributed by atoms with E-state index in [-0.39, 0.29) is 17.8 Å². The Bertz CT molecular complexity index is 1210. The van der Waals surface area contributed by atoms with Crippen LogP contribution in [0.2, 0.25) is 0 Å². The minimum absolute atomic E-state index is 0.176. The molecule has 2 amide bonds. The molecule has 0 radical (unpaired) electrons. The number of urea groups is 1. The molecule has 0 unspecified atom stereocenters. The van der Waals surface area contributed by atoms with Crippen molar-refractivity contribution in [1.29, 1.82) is 0 Å². The Hall–Kier alpha value is -3.54. The number of hydrogen-bond donors (Lipinski definition) is 0. The molecule has 0 spiro atoms. The van der Waals surface area contributed by atoms with Gasteiger partial charge in [0.25, 0.3) is 0 Å². The number of hydrogen-bond acceptors (Lipinski definition) is 8. The Kier molecular flexibility index (Phi) is 5.67. The summed E-state index contributed by atoms with van der Waals surface area (Å²) in [6.45, 7) is 3.76. The van der Waals surface area contributed by atoms with Crippen LogP contribution in [0.4, 0.5) is 19.4 Å². The lowest BCUT2D eigenvalue weighted by molar-refractivity contribution is 0.139. The van der Waals surface area contributed by atoms with Gasteiger partial charge in [0, 0.05) is 45.0 Å². The van der Waals surface area contributed by atoms with Gasteiger partial charge in [0.05, 0.1) is 12.2 Å². The van der Waals surface area contributed by atoms with Gasteiger partial charge in [-0.2, -0.15) is 5.10 Å². The predicted molar refractivity (Wildman–Crippen MR) is 119 cm³/mol. The van der Waals surface area contributed by atoms with Crippen LogP contribution in [0.1, 0.15) is 23.0 Å². The summed E-state index contributed by atoms with van der Waals surface area (Å²) < 4.78 is 27.9. The van der Waals surface area contributed by atoms with Crippen LogP contribution >= 0.6 is 11.3 Å². The third kappa shape index (κ3) is 4.25. The van der Waals surface area contributed by atoms with Crippen LogP contribution < -0.4 is 4.90 Å². The van der Waals surface area contributed by atoms with Crippen molar-refractivity contribution in [3.8, 4) is 10.7 Å². The van der Waals surface area contributed by atoms with Crippen LogP contribution in [-0.4, -0.2) is 68.5 Å². The van der Waals surface area contributed by atoms with Gasteiger partial charge in [-0.15, -0.1) is 10.2 Å². The fourth-order valence-corrected chi connectivity index (χ4v) is 4.59. The molecule has 1 fully saturated rings. The van der Waals surface area contributed by atoms with E-state index in [0.717, 1.165) is 11.2 Å². The number of carbonyl (C=O) groups excluding carboxylic acids is 1. The van der Waals surface area contributed by atoms with Crippen molar-refractivity contribution >= 4 is 29.4 Å². The molecule has 2 aliphatic heterocycles. The van der Waals surface area contributed by atoms with Crippen molar-refractivity contribution in [2.24, 2.45) is 5.10 Å². The molecule has 0 aliphatic carbocycles. The Morgan fingerprint density at radius 3 is 2.67 bits per heavy atom. The maximum absolute atomic E-state index is 14.3. The molecule has 3 aromatic heterocycles. The van der Waals surface area contributed by atoms with E-state index >= 15 is 0 Å². The van der Waals surface area contributed by atoms with Gasteiger partial charge in [0.1, 0.15) is 22.3 Å². The fraction of sp³-hybridized carbons (Fsp3) is 0.333. The first-order valence-corrected chi connectivity index (χ1v) is 11.2. The van der Waals surface area contributed by atoms with E-state index in [1.807, 2.05) is 4.90 Å². The first-order valence-electron chi connectivity index (χ1n) is 10.4. The number of pyridine rings is 2. The zero-order valence-corrected chi connectivity index (χ0v) is 18.5. The summed E-state index contributed by atoms with van der Waals surface area (Å²) in [7, 11) is 0. The van der Waals surface area contributed by atoms with Gasteiger partial charge in [-0.05, 0) is 30.7 Å². The first kappa shape index (κ1) is 21.3. The Balaban J connectivity index is 1.26. The molecule has 1 saturated heterocycles. The average Bonchev–Trinajstić information content (AvgIpc) is 3.48. The monoisotopic (exact) mass is 470 g/mol. The van der Waals surface area contributed by atoms with Crippen LogP contribution in [0, 0.1) is 18.6 Å². The SMILES string of the molecule is Cc1nnc(-c2nc(N3CCN(C(=O)N4N=CC[C@H]4c4cncc(F)c4)CC3)ccc2F)s1. The van der Waals surface area contributed by atoms with Gasteiger partial charge in [-0.1, -0.05) is 11.3 Å². The highest BCUT2D eigenvalue weighted by atomic mass is 32.1. The van der Waals surface area contributed by atoms with Gasteiger partial charge in [-0.25, -0.2) is 23.6 Å². The molecule has 5 heterocycles. The van der Waals surface area contributed by atoms with Crippen molar-refractivity contribution in [3.63, 3.8) is 0 Å². The number of halogens is 2. The Labute approximate surface area is 192 Å². The van der Waals surface area contributed by atoms with Crippen molar-refractivity contribution in [3.05, 3.63) is 52.8 Å². The number of hydrazone groups is 1. The lowest BCUT2D eigenvalue weighted by atomic mass is 10.1. The second-order valence-corrected chi connectivity index (χ2v) is 8.90. The van der Waals surface area contributed by atoms with E-state index < -0.39 is 11.6 Å². The summed E-state index contributed by atoms with van der Waals surface area (Å²) in [5, 5.41) is 14.7. The largest absolute Gasteiger partial charge is 0.353 e. The molecule has 0 aromatic carbocycles. The molecular weight excluding hydrogens is 450 g/mol. The topological polar surface area (TPSA) is 90.7 Å². The van der Waals surface area contributed by atoms with Crippen molar-refractivity contribution < 1.29 is 13.6 Å². The van der Waals surface area contributed by atoms with Crippen molar-refractivity contribution in [1.82, 2.24) is 30.1 Å². The summed E-state index contributed by atoms with van der Waals surface area (Å²) in [6, 6.07) is 3.76. The summed E-state index contributed by atoms with van der Waals surface area (Å²) in [5.74, 6) is -0.280. The molecule has 3 aromatic rings. The van der Waals surface area contributed by atoms with E-state index in [0.29, 0.717) is 49.0 Å². The van der Waals surface area contributed by atoms with Crippen LogP contribution in [0.3, 0.4) is 0 Å². The van der Waals surface area contributed by atoms with Gasteiger partial charge < -0.3 is 9.80 Å². The number of aromatic nitrogens is 4. The lowest BCUT2D eigenvalue weighted by Gasteiger charge is -2.37. The molecule has 12 heteroatoms. The number of anilines is 1. The maximum atomic E-state index is 14.3. The predicted octanol–water partition coefficient (Wildman–Crippen LogP) is 3.26. The van der Waals surface area contributed by atoms with Crippen LogP contribution in [0.15, 0.2) is 35.7 Å². The van der Waals surface area contributed by atoms with Crippen molar-refractivity contribution in [2.45, 2.75) is 19.4 Å². The third-order valence-electron chi connectivity index (χ3n) is 5.57. The standard InChI is InChI=1S/C21H20F2N8OS/c1-13-27-28-20(33-13)19-16(23)2-3-18(26-19)29-6-8-30(9-7-29)21(32)31-17(4-5-25-31)14-10-15(22)12-24-11-14/h2-3,5,10-12,17H,4,6-9H2,1H3/t17-/m0/s1. The highest BCUT2D eigenvalue weighted by Crippen LogP contribution is 2.30. The summed E-state index contributed by atoms with van der Waals surface area (Å²) in [6.07, 6.45) is 4.84. The van der Waals surface area contributed by atoms with E-state index in [9.17, 15) is 13.6 Å². The zero-order valence-electron chi connectivity index (χ0n) is 17.7. The second kappa shape index (κ2) is 8.77. The molecule has 170 valence electrons. The zero-order chi connectivity index (χ0) is 22.9. The number of piperazine rings is 1. The van der Waals surface area contributed by atoms with Gasteiger partial charge in [0.2, 0.25) is 0 Å². The number of aryl methyl sites for hydroxylation is 1. The molecule has 33 heavy (non-hydrogen) atoms. The normalized spacial score (nSPS) is 18.3. The maximum Gasteiger partial charge on any atom is 0.341 e. The van der Waals surface area contributed by atoms with E-state index in [1.165, 1.54) is 28.5 Å². The molecule has 9 nitrogen and oxygen atoms in total. The number of amides is 2. The van der Waals surface area contributed by atoms with Crippen LogP contribution in [0.25, 0.3) is 10.7 Å². The third-order valence-corrected chi connectivity index (χ3v) is 6.42. The molecular formula is C21H20F2N8OS. The molecule has 2 aliphatic rings. The highest BCUT2D eigenvalue weighted by molar-refractivity contribution is 7.14. The quantitative estimate of drug-likeness (QED) is 0.584. The van der Waals surface area contributed by atoms with E-state index in [4.69, 9.17) is 0 Å². The van der Waals surface area contributed by atoms with E-state index in [2.05, 4.69) is 25.3 Å². The molecule has 0 bridgehead atoms. The van der Waals surface area contributed by atoms with Crippen LogP contribution in [-0.2, 0) is 0 Å². The minimum atomic E-state index is -0.450. The van der Waals surface area contributed by atoms with E-state index in [1.54, 1.807) is 30.3 Å². The highest BCUT2D eigenvalue weighted by Gasteiger charge is 2.33. The van der Waals surface area contributed by atoms with Gasteiger partial charge in [0.15, 0.2) is 10.8 Å². The second-order valence-electron chi connectivity index (χ2n) is 7.71. The lowest BCUT2D eigenvalue weighted by Crippen LogP contribution is -2.52. The van der Waals surface area contributed by atoms with Crippen LogP contribution in [0.5, 0.6) is 0 Å². The molecule has 5 rings (SSSR count). The molecule has 0 N–H and O–H groups in total. The molecule has 1 atom stereocenters. The smallest absolute Gasteiger partial charge is 0.341 e. The summed E-state index contributed by atoms with van der Waals surface area (Å²) >= 11 is 1.28. The van der Waals surface area contributed by atoms with Crippen molar-refractivity contribution in [2.75, 3.05) is 31.1 Å². The molecule has 0 saturated carbocycles. The first-order chi connectivity index (χ1) is 16.0. The number of carbonyl (C=O) groups is 1. The Morgan fingerprint density at radius 1 is 1.12 bits per heavy atom. The number of nitrogens with zero attached hydrogens (tertiary/aromatic N) is 8. The van der Waals surface area contributed by atoms with Gasteiger partial charge >= 0.3 is 6.03 Å². The Morgan fingerprint density at radius 2 is 1.94 bits per heavy atom. The summed E-state index contributed by atoms with van der Waals surface area (Å²) in [4.78, 5) is 25.2. The minimum Gasteiger partial charge on any atom is -0.353 e. The fourth-order valence-electron chi connectivity index (χ4n) is 3.91.